The van der Waals surface area contributed by atoms with Crippen molar-refractivity contribution in [1.29, 1.82) is 0 Å². The minimum atomic E-state index is 0.306. The van der Waals surface area contributed by atoms with Crippen LogP contribution in [0.15, 0.2) is 36.7 Å². The van der Waals surface area contributed by atoms with E-state index in [-0.39, 0.29) is 0 Å². The maximum Gasteiger partial charge on any atom is 0.0594 e. The van der Waals surface area contributed by atoms with Gasteiger partial charge >= 0.3 is 0 Å². The van der Waals surface area contributed by atoms with Crippen LogP contribution in [0.5, 0.6) is 0 Å². The number of ether oxygens (including phenoxy) is 1. The smallest absolute Gasteiger partial charge is 0.0594 e. The summed E-state index contributed by atoms with van der Waals surface area (Å²) in [5.74, 6) is 0. The summed E-state index contributed by atoms with van der Waals surface area (Å²) in [4.78, 5) is 4.11. The molecule has 2 rings (SSSR count). The number of benzene rings is 1. The van der Waals surface area contributed by atoms with Crippen molar-refractivity contribution >= 4 is 10.8 Å². The van der Waals surface area contributed by atoms with Crippen molar-refractivity contribution in [3.63, 3.8) is 0 Å². The van der Waals surface area contributed by atoms with Crippen molar-refractivity contribution in [2.45, 2.75) is 26.5 Å². The van der Waals surface area contributed by atoms with E-state index in [4.69, 9.17) is 4.74 Å². The Morgan fingerprint density at radius 3 is 2.94 bits per heavy atom. The van der Waals surface area contributed by atoms with Crippen molar-refractivity contribution in [3.8, 4) is 0 Å². The lowest BCUT2D eigenvalue weighted by Crippen LogP contribution is -2.20. The van der Waals surface area contributed by atoms with Crippen LogP contribution in [-0.4, -0.2) is 24.2 Å². The molecule has 0 unspecified atom stereocenters. The van der Waals surface area contributed by atoms with E-state index in [2.05, 4.69) is 42.3 Å². The number of fused-ring (bicyclic) bond motifs is 1. The molecule has 1 N–H and O–H groups in total. The van der Waals surface area contributed by atoms with Crippen molar-refractivity contribution in [2.75, 3.05) is 13.2 Å². The van der Waals surface area contributed by atoms with Crippen LogP contribution in [-0.2, 0) is 11.3 Å². The fourth-order valence-corrected chi connectivity index (χ4v) is 1.84. The van der Waals surface area contributed by atoms with Crippen LogP contribution in [0.4, 0.5) is 0 Å². The average Bonchev–Trinajstić information content (AvgIpc) is 2.38. The third kappa shape index (κ3) is 3.79. The first-order valence-corrected chi connectivity index (χ1v) is 6.40. The van der Waals surface area contributed by atoms with E-state index in [0.29, 0.717) is 6.10 Å². The number of hydrogen-bond acceptors (Lipinski definition) is 3. The Balaban J connectivity index is 1.84. The van der Waals surface area contributed by atoms with Gasteiger partial charge in [0, 0.05) is 30.9 Å². The fraction of sp³-hybridized carbons (Fsp3) is 0.400. The van der Waals surface area contributed by atoms with Crippen molar-refractivity contribution in [1.82, 2.24) is 10.3 Å². The van der Waals surface area contributed by atoms with Crippen LogP contribution in [0, 0.1) is 0 Å². The van der Waals surface area contributed by atoms with Gasteiger partial charge in [0.05, 0.1) is 12.7 Å². The van der Waals surface area contributed by atoms with Gasteiger partial charge < -0.3 is 10.1 Å². The van der Waals surface area contributed by atoms with Gasteiger partial charge in [-0.25, -0.2) is 0 Å². The van der Waals surface area contributed by atoms with E-state index < -0.39 is 0 Å². The average molecular weight is 244 g/mol. The normalized spacial score (nSPS) is 11.3. The molecule has 1 aromatic heterocycles. The summed E-state index contributed by atoms with van der Waals surface area (Å²) in [6, 6.07) is 8.50. The van der Waals surface area contributed by atoms with Crippen LogP contribution in [0.25, 0.3) is 10.8 Å². The number of nitrogens with one attached hydrogen (secondary N) is 1. The van der Waals surface area contributed by atoms with Crippen LogP contribution in [0.3, 0.4) is 0 Å². The van der Waals surface area contributed by atoms with Gasteiger partial charge in [0.1, 0.15) is 0 Å². The van der Waals surface area contributed by atoms with Crippen molar-refractivity contribution in [3.05, 3.63) is 42.2 Å². The lowest BCUT2D eigenvalue weighted by Gasteiger charge is -2.09. The predicted molar refractivity (Wildman–Crippen MR) is 74.5 cm³/mol. The highest BCUT2D eigenvalue weighted by atomic mass is 16.5. The Morgan fingerprint density at radius 2 is 2.11 bits per heavy atom. The highest BCUT2D eigenvalue weighted by Gasteiger charge is 1.97. The minimum absolute atomic E-state index is 0.306. The molecule has 0 saturated carbocycles. The van der Waals surface area contributed by atoms with Crippen LogP contribution >= 0.6 is 0 Å². The summed E-state index contributed by atoms with van der Waals surface area (Å²) >= 11 is 0. The fourth-order valence-electron chi connectivity index (χ4n) is 1.84. The molecule has 0 aliphatic heterocycles. The highest BCUT2D eigenvalue weighted by Crippen LogP contribution is 2.14. The standard InChI is InChI=1S/C15H20N2O/c1-12(2)18-8-7-17-10-13-3-4-15-11-16-6-5-14(15)9-13/h3-6,9,11-12,17H,7-8,10H2,1-2H3. The third-order valence-corrected chi connectivity index (χ3v) is 2.76. The molecule has 3 nitrogen and oxygen atoms in total. The first-order chi connectivity index (χ1) is 8.75. The predicted octanol–water partition coefficient (Wildman–Crippen LogP) is 2.75. The summed E-state index contributed by atoms with van der Waals surface area (Å²) in [5.41, 5.74) is 1.29. The summed E-state index contributed by atoms with van der Waals surface area (Å²) < 4.78 is 5.48. The molecule has 0 aliphatic carbocycles. The summed E-state index contributed by atoms with van der Waals surface area (Å²) in [6.07, 6.45) is 4.03. The van der Waals surface area contributed by atoms with E-state index in [1.54, 1.807) is 0 Å². The molecule has 0 radical (unpaired) electrons. The molecular formula is C15H20N2O. The van der Waals surface area contributed by atoms with Gasteiger partial charge in [-0.15, -0.1) is 0 Å². The molecule has 2 aromatic rings. The van der Waals surface area contributed by atoms with E-state index in [1.807, 2.05) is 18.5 Å². The molecule has 3 heteroatoms. The van der Waals surface area contributed by atoms with Gasteiger partial charge in [-0.3, -0.25) is 4.98 Å². The van der Waals surface area contributed by atoms with Gasteiger partial charge in [0.2, 0.25) is 0 Å². The molecule has 0 fully saturated rings. The highest BCUT2D eigenvalue weighted by molar-refractivity contribution is 5.81. The SMILES string of the molecule is CC(C)OCCNCc1ccc2cnccc2c1. The van der Waals surface area contributed by atoms with Gasteiger partial charge in [-0.1, -0.05) is 12.1 Å². The molecule has 1 aromatic carbocycles. The monoisotopic (exact) mass is 244 g/mol. The largest absolute Gasteiger partial charge is 0.377 e. The van der Waals surface area contributed by atoms with Gasteiger partial charge in [-0.2, -0.15) is 0 Å². The van der Waals surface area contributed by atoms with Gasteiger partial charge in [-0.05, 0) is 36.9 Å². The van der Waals surface area contributed by atoms with E-state index in [1.165, 1.54) is 16.3 Å². The Kier molecular flexibility index (Phi) is 4.67. The lowest BCUT2D eigenvalue weighted by atomic mass is 10.1. The number of nitrogens with zero attached hydrogens (tertiary/aromatic N) is 1. The number of hydrogen-bond donors (Lipinski definition) is 1. The lowest BCUT2D eigenvalue weighted by molar-refractivity contribution is 0.0807. The van der Waals surface area contributed by atoms with E-state index in [9.17, 15) is 0 Å². The second-order valence-electron chi connectivity index (χ2n) is 4.65. The van der Waals surface area contributed by atoms with Gasteiger partial charge in [0.25, 0.3) is 0 Å². The quantitative estimate of drug-likeness (QED) is 0.793. The Labute approximate surface area is 108 Å². The van der Waals surface area contributed by atoms with E-state index >= 15 is 0 Å². The molecular weight excluding hydrogens is 224 g/mol. The summed E-state index contributed by atoms with van der Waals surface area (Å²) in [5, 5.41) is 5.80. The molecule has 18 heavy (non-hydrogen) atoms. The maximum absolute atomic E-state index is 5.48. The zero-order valence-electron chi connectivity index (χ0n) is 11.0. The minimum Gasteiger partial charge on any atom is -0.377 e. The Morgan fingerprint density at radius 1 is 1.22 bits per heavy atom. The first-order valence-electron chi connectivity index (χ1n) is 6.40. The molecule has 0 aliphatic rings. The maximum atomic E-state index is 5.48. The Bertz CT molecular complexity index is 497. The second kappa shape index (κ2) is 6.47. The topological polar surface area (TPSA) is 34.1 Å². The zero-order valence-corrected chi connectivity index (χ0v) is 11.0. The van der Waals surface area contributed by atoms with Gasteiger partial charge in [0.15, 0.2) is 0 Å². The molecule has 0 amide bonds. The van der Waals surface area contributed by atoms with E-state index in [0.717, 1.165) is 19.7 Å². The number of rotatable bonds is 6. The van der Waals surface area contributed by atoms with Crippen molar-refractivity contribution < 1.29 is 4.74 Å². The molecule has 1 heterocycles. The summed E-state index contributed by atoms with van der Waals surface area (Å²) in [6.45, 7) is 6.62. The number of aromatic nitrogens is 1. The summed E-state index contributed by atoms with van der Waals surface area (Å²) in [7, 11) is 0. The third-order valence-electron chi connectivity index (χ3n) is 2.76. The first kappa shape index (κ1) is 13.0. The zero-order chi connectivity index (χ0) is 12.8. The Hall–Kier alpha value is -1.45. The van der Waals surface area contributed by atoms with Crippen LogP contribution in [0.2, 0.25) is 0 Å². The molecule has 0 bridgehead atoms. The molecule has 0 saturated heterocycles. The molecule has 0 spiro atoms. The van der Waals surface area contributed by atoms with Crippen molar-refractivity contribution in [2.24, 2.45) is 0 Å². The number of pyridine rings is 1. The van der Waals surface area contributed by atoms with Crippen LogP contribution in [0.1, 0.15) is 19.4 Å². The molecule has 0 atom stereocenters. The molecule has 96 valence electrons. The van der Waals surface area contributed by atoms with Crippen LogP contribution < -0.4 is 5.32 Å². The second-order valence-corrected chi connectivity index (χ2v) is 4.65.